The van der Waals surface area contributed by atoms with Gasteiger partial charge in [0.15, 0.2) is 0 Å². The summed E-state index contributed by atoms with van der Waals surface area (Å²) in [6.45, 7) is 3.72. The summed E-state index contributed by atoms with van der Waals surface area (Å²) in [4.78, 5) is 0. The van der Waals surface area contributed by atoms with Crippen LogP contribution in [0, 0.1) is 19.1 Å². The van der Waals surface area contributed by atoms with Crippen LogP contribution < -0.4 is 12.4 Å². The van der Waals surface area contributed by atoms with Gasteiger partial charge in [-0.25, -0.2) is 24.3 Å². The van der Waals surface area contributed by atoms with Gasteiger partial charge < -0.3 is 12.4 Å². The van der Waals surface area contributed by atoms with Crippen molar-refractivity contribution in [3.05, 3.63) is 91.4 Å². The van der Waals surface area contributed by atoms with Gasteiger partial charge in [-0.3, -0.25) is 12.2 Å². The molecule has 0 unspecified atom stereocenters. The third-order valence-electron chi connectivity index (χ3n) is 2.01. The van der Waals surface area contributed by atoms with E-state index in [-0.39, 0.29) is 38.6 Å². The first-order valence-electron chi connectivity index (χ1n) is 5.70. The number of allylic oxidation sites excluding steroid dienone is 8. The van der Waals surface area contributed by atoms with Crippen LogP contribution in [-0.2, 0) is 26.2 Å². The van der Waals surface area contributed by atoms with Gasteiger partial charge in [-0.1, -0.05) is 6.07 Å². The van der Waals surface area contributed by atoms with Crippen LogP contribution in [0.3, 0.4) is 0 Å². The molecule has 0 atom stereocenters. The minimum atomic E-state index is 0. The van der Waals surface area contributed by atoms with Crippen molar-refractivity contribution in [2.24, 2.45) is 0 Å². The van der Waals surface area contributed by atoms with E-state index >= 15 is 0 Å². The Balaban J connectivity index is 0. The van der Waals surface area contributed by atoms with Gasteiger partial charge in [0, 0.05) is 0 Å². The van der Waals surface area contributed by atoms with Crippen LogP contribution in [-0.4, -0.2) is 0 Å². The van der Waals surface area contributed by atoms with Crippen molar-refractivity contribution < 1.29 is 38.6 Å². The molecule has 0 bridgehead atoms. The largest absolute Gasteiger partial charge is 3.00 e. The maximum atomic E-state index is 3.72. The predicted octanol–water partition coefficient (Wildman–Crippen LogP) is 1.48. The second kappa shape index (κ2) is 15.3. The first kappa shape index (κ1) is 20.5. The summed E-state index contributed by atoms with van der Waals surface area (Å²) >= 11 is 0. The summed E-state index contributed by atoms with van der Waals surface area (Å²) in [5, 5.41) is 0. The van der Waals surface area contributed by atoms with E-state index < -0.39 is 0 Å². The molecule has 19 heavy (non-hydrogen) atoms. The topological polar surface area (TPSA) is 0 Å². The Bertz CT molecular complexity index is 361. The summed E-state index contributed by atoms with van der Waals surface area (Å²) in [5.74, 6) is 0. The van der Waals surface area contributed by atoms with Gasteiger partial charge in [0.05, 0.1) is 0 Å². The first-order valence-corrected chi connectivity index (χ1v) is 5.70. The van der Waals surface area contributed by atoms with E-state index in [1.54, 1.807) is 0 Å². The van der Waals surface area contributed by atoms with Crippen LogP contribution in [0.1, 0.15) is 18.4 Å². The Labute approximate surface area is 142 Å². The van der Waals surface area contributed by atoms with Crippen LogP contribution in [0.2, 0.25) is 0 Å². The molecule has 3 rings (SSSR count). The number of halogens is 1. The predicted molar refractivity (Wildman–Crippen MR) is 74.0 cm³/mol. The Hall–Kier alpha value is -0.777. The zero-order valence-electron chi connectivity index (χ0n) is 10.9. The molecule has 0 fully saturated rings. The van der Waals surface area contributed by atoms with E-state index in [9.17, 15) is 0 Å². The normalized spacial score (nSPS) is 12.4. The molecule has 1 radical (unpaired) electrons. The number of hydrogen-bond acceptors (Lipinski definition) is 0. The van der Waals surface area contributed by atoms with Crippen molar-refractivity contribution in [2.45, 2.75) is 12.8 Å². The van der Waals surface area contributed by atoms with Crippen LogP contribution in [0.25, 0.3) is 0 Å². The van der Waals surface area contributed by atoms with Crippen molar-refractivity contribution in [1.29, 1.82) is 0 Å². The Morgan fingerprint density at radius 1 is 0.842 bits per heavy atom. The molecule has 0 aromatic heterocycles. The van der Waals surface area contributed by atoms with Gasteiger partial charge in [-0.05, 0) is 0 Å². The summed E-state index contributed by atoms with van der Waals surface area (Å²) in [6.07, 6.45) is 20.0. The quantitative estimate of drug-likeness (QED) is 0.624. The summed E-state index contributed by atoms with van der Waals surface area (Å²) in [7, 11) is 0. The molecule has 0 nitrogen and oxygen atoms in total. The van der Waals surface area contributed by atoms with Crippen LogP contribution >= 0.6 is 0 Å². The zero-order valence-corrected chi connectivity index (χ0v) is 14.1. The van der Waals surface area contributed by atoms with Crippen molar-refractivity contribution in [1.82, 2.24) is 0 Å². The maximum absolute atomic E-state index is 3.72. The van der Waals surface area contributed by atoms with Gasteiger partial charge in [-0.2, -0.15) is 36.8 Å². The molecule has 0 N–H and O–H groups in total. The molecule has 0 amide bonds. The number of rotatable bonds is 0. The Morgan fingerprint density at radius 3 is 1.47 bits per heavy atom. The second-order valence-corrected chi connectivity index (χ2v) is 3.49. The third kappa shape index (κ3) is 13.5. The molecule has 0 aliphatic heterocycles. The molecular formula is C17H17ClZr-. The molecule has 2 aliphatic carbocycles. The van der Waals surface area contributed by atoms with Gasteiger partial charge >= 0.3 is 26.2 Å². The minimum absolute atomic E-state index is 0. The van der Waals surface area contributed by atoms with Gasteiger partial charge in [-0.15, -0.1) is 25.0 Å². The second-order valence-electron chi connectivity index (χ2n) is 3.49. The average molecular weight is 348 g/mol. The molecule has 2 aliphatic rings. The standard InChI is InChI=1S/C7H7.2C5H5.ClH.Zr/c1-7-5-3-2-4-6-7;2*1-2-4-5-3-1;;/h2-6H,1H2;2*1-3H,4H2;1H;/q3*-1;;+3/p-1. The van der Waals surface area contributed by atoms with E-state index in [2.05, 4.69) is 31.2 Å². The first-order chi connectivity index (χ1) is 8.39. The third-order valence-corrected chi connectivity index (χ3v) is 2.01. The molecule has 0 saturated heterocycles. The van der Waals surface area contributed by atoms with Crippen LogP contribution in [0.15, 0.2) is 66.8 Å². The summed E-state index contributed by atoms with van der Waals surface area (Å²) in [6, 6.07) is 9.87. The molecular weight excluding hydrogens is 331 g/mol. The average Bonchev–Trinajstić information content (AvgIpc) is 3.09. The number of benzene rings is 1. The summed E-state index contributed by atoms with van der Waals surface area (Å²) < 4.78 is 0. The van der Waals surface area contributed by atoms with Crippen molar-refractivity contribution in [2.75, 3.05) is 0 Å². The van der Waals surface area contributed by atoms with E-state index in [4.69, 9.17) is 0 Å². The monoisotopic (exact) mass is 346 g/mol. The fraction of sp³-hybridized carbons (Fsp3) is 0.118. The SMILES string of the molecule is [C-]1=CC=CC1.[C-]1=CC=CC1.[CH2-]c1ccccc1.[Cl-].[Zr+3]. The van der Waals surface area contributed by atoms with Crippen LogP contribution in [0.4, 0.5) is 0 Å². The Morgan fingerprint density at radius 2 is 1.32 bits per heavy atom. The molecule has 1 aromatic rings. The smallest absolute Gasteiger partial charge is 1.00 e. The fourth-order valence-electron chi connectivity index (χ4n) is 1.16. The van der Waals surface area contributed by atoms with Gasteiger partial charge in [0.1, 0.15) is 0 Å². The van der Waals surface area contributed by atoms with Crippen molar-refractivity contribution in [3.8, 4) is 0 Å². The fourth-order valence-corrected chi connectivity index (χ4v) is 1.16. The van der Waals surface area contributed by atoms with E-state index in [0.29, 0.717) is 0 Å². The van der Waals surface area contributed by atoms with Crippen LogP contribution in [0.5, 0.6) is 0 Å². The van der Waals surface area contributed by atoms with E-state index in [0.717, 1.165) is 18.4 Å². The maximum Gasteiger partial charge on any atom is 3.00 e. The molecule has 1 aromatic carbocycles. The molecule has 0 heterocycles. The molecule has 97 valence electrons. The molecule has 2 heteroatoms. The van der Waals surface area contributed by atoms with Crippen molar-refractivity contribution in [3.63, 3.8) is 0 Å². The molecule has 0 spiro atoms. The zero-order chi connectivity index (χ0) is 12.2. The summed E-state index contributed by atoms with van der Waals surface area (Å²) in [5.41, 5.74) is 1.07. The Kier molecular flexibility index (Phi) is 16.5. The molecule has 0 saturated carbocycles. The van der Waals surface area contributed by atoms with E-state index in [1.165, 1.54) is 0 Å². The van der Waals surface area contributed by atoms with Crippen molar-refractivity contribution >= 4 is 0 Å². The van der Waals surface area contributed by atoms with E-state index in [1.807, 2.05) is 54.6 Å². The van der Waals surface area contributed by atoms with Gasteiger partial charge in [0.2, 0.25) is 0 Å². The minimum Gasteiger partial charge on any atom is -1.00 e. The number of hydrogen-bond donors (Lipinski definition) is 0. The van der Waals surface area contributed by atoms with Gasteiger partial charge in [0.25, 0.3) is 0 Å².